The van der Waals surface area contributed by atoms with Gasteiger partial charge < -0.3 is 4.90 Å². The van der Waals surface area contributed by atoms with Crippen molar-refractivity contribution in [2.24, 2.45) is 0 Å². The molecular formula is C20H23FN5OP. The lowest BCUT2D eigenvalue weighted by Gasteiger charge is -2.40. The van der Waals surface area contributed by atoms with E-state index in [0.29, 0.717) is 17.9 Å². The maximum Gasteiger partial charge on any atom is 0.254 e. The van der Waals surface area contributed by atoms with Crippen molar-refractivity contribution in [2.45, 2.75) is 38.5 Å². The van der Waals surface area contributed by atoms with Crippen molar-refractivity contribution in [1.82, 2.24) is 24.5 Å². The molecule has 0 aliphatic carbocycles. The van der Waals surface area contributed by atoms with Crippen molar-refractivity contribution >= 4 is 20.9 Å². The Morgan fingerprint density at radius 3 is 2.64 bits per heavy atom. The van der Waals surface area contributed by atoms with E-state index in [1.54, 1.807) is 9.42 Å². The first-order valence-electron chi connectivity index (χ1n) is 9.24. The van der Waals surface area contributed by atoms with Crippen molar-refractivity contribution in [3.05, 3.63) is 58.7 Å². The second-order valence-electron chi connectivity index (χ2n) is 7.79. The lowest BCUT2D eigenvalue weighted by Crippen LogP contribution is -2.48. The highest BCUT2D eigenvalue weighted by molar-refractivity contribution is 7.18. The number of benzene rings is 1. The highest BCUT2D eigenvalue weighted by Crippen LogP contribution is 2.39. The van der Waals surface area contributed by atoms with Gasteiger partial charge in [-0.25, -0.2) is 13.9 Å². The van der Waals surface area contributed by atoms with E-state index in [4.69, 9.17) is 0 Å². The summed E-state index contributed by atoms with van der Waals surface area (Å²) >= 11 is 0. The fraction of sp³-hybridized carbons (Fsp3) is 0.400. The molecule has 4 rings (SSSR count). The number of aryl methyl sites for hydroxylation is 3. The maximum atomic E-state index is 15.2. The quantitative estimate of drug-likeness (QED) is 0.621. The molecule has 1 aliphatic rings. The van der Waals surface area contributed by atoms with Crippen molar-refractivity contribution in [3.63, 3.8) is 0 Å². The second kappa shape index (κ2) is 6.89. The number of amides is 1. The Labute approximate surface area is 165 Å². The number of carbonyl (C=O) groups excluding carboxylic acids is 1. The van der Waals surface area contributed by atoms with E-state index < -0.39 is 5.41 Å². The molecule has 3 heterocycles. The van der Waals surface area contributed by atoms with E-state index in [9.17, 15) is 4.79 Å². The number of piperidine rings is 1. The van der Waals surface area contributed by atoms with Crippen LogP contribution < -0.4 is 0 Å². The second-order valence-corrected chi connectivity index (χ2v) is 8.83. The van der Waals surface area contributed by atoms with Crippen LogP contribution in [0.4, 0.5) is 4.39 Å². The molecule has 146 valence electrons. The zero-order valence-corrected chi connectivity index (χ0v) is 17.3. The van der Waals surface area contributed by atoms with Crippen molar-refractivity contribution < 1.29 is 9.18 Å². The molecule has 8 heteroatoms. The lowest BCUT2D eigenvalue weighted by molar-refractivity contribution is 0.0543. The van der Waals surface area contributed by atoms with E-state index in [1.807, 2.05) is 45.0 Å². The minimum absolute atomic E-state index is 0.0462. The molecule has 2 unspecified atom stereocenters. The predicted octanol–water partition coefficient (Wildman–Crippen LogP) is 3.22. The summed E-state index contributed by atoms with van der Waals surface area (Å²) in [6.45, 7) is 6.26. The summed E-state index contributed by atoms with van der Waals surface area (Å²) in [6.07, 6.45) is 1.72. The summed E-state index contributed by atoms with van der Waals surface area (Å²) in [4.78, 5) is 23.3. The molecule has 0 N–H and O–H groups in total. The van der Waals surface area contributed by atoms with Crippen LogP contribution in [-0.4, -0.2) is 48.9 Å². The van der Waals surface area contributed by atoms with Gasteiger partial charge >= 0.3 is 0 Å². The zero-order valence-electron chi connectivity index (χ0n) is 16.2. The van der Waals surface area contributed by atoms with E-state index in [-0.39, 0.29) is 24.8 Å². The largest absolute Gasteiger partial charge is 0.334 e. The fourth-order valence-electron chi connectivity index (χ4n) is 4.07. The number of nitrogens with zero attached hydrogens (tertiary/aromatic N) is 5. The van der Waals surface area contributed by atoms with Crippen molar-refractivity contribution in [1.29, 1.82) is 0 Å². The summed E-state index contributed by atoms with van der Waals surface area (Å²) in [7, 11) is 2.29. The molecule has 0 bridgehead atoms. The van der Waals surface area contributed by atoms with Gasteiger partial charge in [0.2, 0.25) is 0 Å². The zero-order chi connectivity index (χ0) is 20.1. The highest BCUT2D eigenvalue weighted by atomic mass is 31.0. The average Bonchev–Trinajstić information content (AvgIpc) is 3.06. The van der Waals surface area contributed by atoms with Crippen molar-refractivity contribution in [3.8, 4) is 0 Å². The predicted molar refractivity (Wildman–Crippen MR) is 108 cm³/mol. The summed E-state index contributed by atoms with van der Waals surface area (Å²) in [5, 5.41) is 2.68. The molecule has 6 nitrogen and oxygen atoms in total. The minimum atomic E-state index is -1.57. The van der Waals surface area contributed by atoms with Gasteiger partial charge in [0, 0.05) is 23.7 Å². The first kappa shape index (κ1) is 18.9. The molecule has 0 radical (unpaired) electrons. The molecule has 1 amide bonds. The smallest absolute Gasteiger partial charge is 0.254 e. The third-order valence-corrected chi connectivity index (χ3v) is 5.48. The number of halogens is 1. The van der Waals surface area contributed by atoms with E-state index >= 15 is 4.39 Å². The number of rotatable bonds is 2. The van der Waals surface area contributed by atoms with Gasteiger partial charge in [-0.15, -0.1) is 0 Å². The minimum Gasteiger partial charge on any atom is -0.334 e. The van der Waals surface area contributed by atoms with E-state index in [2.05, 4.69) is 24.3 Å². The van der Waals surface area contributed by atoms with Gasteiger partial charge in [-0.3, -0.25) is 4.79 Å². The van der Waals surface area contributed by atoms with Crippen LogP contribution in [0.1, 0.15) is 45.2 Å². The summed E-state index contributed by atoms with van der Waals surface area (Å²) in [6, 6.07) is 7.63. The summed E-state index contributed by atoms with van der Waals surface area (Å²) in [5.74, 6) is 0.125. The number of carbonyl (C=O) groups is 1. The molecule has 0 spiro atoms. The number of fused-ring (bicyclic) bond motifs is 1. The standard InChI is InChI=1S/C20H23FN5OP/c1-12-4-13(2)6-15(5-12)18(27)25-9-16(8-20(21,28)10-25)17-7-14(3)24-19-22-11-23-26(17)19/h4-7,11,16H,8-10,28H2,1-3H3/t16-,20?/m0/s1. The van der Waals surface area contributed by atoms with Crippen LogP contribution in [0.25, 0.3) is 5.78 Å². The molecule has 1 fully saturated rings. The Bertz CT molecular complexity index is 1040. The first-order chi connectivity index (χ1) is 13.2. The first-order valence-corrected chi connectivity index (χ1v) is 9.82. The molecule has 2 aromatic heterocycles. The van der Waals surface area contributed by atoms with Gasteiger partial charge in [0.05, 0.1) is 12.2 Å². The normalized spacial score (nSPS) is 22.6. The number of hydrogen-bond donors (Lipinski definition) is 0. The van der Waals surface area contributed by atoms with Crippen LogP contribution in [0.5, 0.6) is 0 Å². The van der Waals surface area contributed by atoms with E-state index in [0.717, 1.165) is 22.5 Å². The van der Waals surface area contributed by atoms with E-state index in [1.165, 1.54) is 6.33 Å². The van der Waals surface area contributed by atoms with Gasteiger partial charge in [0.1, 0.15) is 11.7 Å². The van der Waals surface area contributed by atoms with Crippen LogP contribution in [0.2, 0.25) is 0 Å². The van der Waals surface area contributed by atoms with Gasteiger partial charge in [0.15, 0.2) is 0 Å². The highest BCUT2D eigenvalue weighted by Gasteiger charge is 2.40. The molecular weight excluding hydrogens is 376 g/mol. The maximum absolute atomic E-state index is 15.2. The van der Waals surface area contributed by atoms with Crippen molar-refractivity contribution in [2.75, 3.05) is 13.1 Å². The third kappa shape index (κ3) is 3.63. The van der Waals surface area contributed by atoms with Crippen LogP contribution in [0, 0.1) is 20.8 Å². The van der Waals surface area contributed by atoms with Crippen LogP contribution >= 0.6 is 9.24 Å². The third-order valence-electron chi connectivity index (χ3n) is 5.06. The molecule has 1 aromatic carbocycles. The topological polar surface area (TPSA) is 63.4 Å². The molecule has 1 saturated heterocycles. The van der Waals surface area contributed by atoms with Gasteiger partial charge in [-0.1, -0.05) is 26.4 Å². The average molecular weight is 399 g/mol. The summed E-state index contributed by atoms with van der Waals surface area (Å²) < 4.78 is 16.9. The van der Waals surface area contributed by atoms with Crippen LogP contribution in [-0.2, 0) is 0 Å². The van der Waals surface area contributed by atoms with Gasteiger partial charge in [0.25, 0.3) is 11.7 Å². The SMILES string of the molecule is Cc1cc(C)cc(C(=O)N2C[C@@H](c3cc(C)nc4ncnn34)CC(F)(P)C2)c1. The Balaban J connectivity index is 1.71. The molecule has 1 aliphatic heterocycles. The van der Waals surface area contributed by atoms with Gasteiger partial charge in [-0.05, 0) is 45.4 Å². The number of aromatic nitrogens is 4. The number of hydrogen-bond acceptors (Lipinski definition) is 4. The van der Waals surface area contributed by atoms with Crippen LogP contribution in [0.15, 0.2) is 30.6 Å². The molecule has 3 atom stereocenters. The Morgan fingerprint density at radius 1 is 1.21 bits per heavy atom. The molecule has 3 aromatic rings. The Hall–Kier alpha value is -2.40. The van der Waals surface area contributed by atoms with Crippen LogP contribution in [0.3, 0.4) is 0 Å². The number of likely N-dealkylation sites (tertiary alicyclic amines) is 1. The fourth-order valence-corrected chi connectivity index (χ4v) is 4.57. The molecule has 0 saturated carbocycles. The summed E-state index contributed by atoms with van der Waals surface area (Å²) in [5.41, 5.74) is 4.24. The molecule has 28 heavy (non-hydrogen) atoms. The lowest BCUT2D eigenvalue weighted by atomic mass is 9.91. The number of alkyl halides is 1. The Morgan fingerprint density at radius 2 is 1.93 bits per heavy atom. The Kier molecular flexibility index (Phi) is 4.66. The van der Waals surface area contributed by atoms with Gasteiger partial charge in [-0.2, -0.15) is 10.1 Å². The monoisotopic (exact) mass is 399 g/mol.